The van der Waals surface area contributed by atoms with Crippen molar-refractivity contribution in [3.8, 4) is 0 Å². The molecule has 1 aliphatic carbocycles. The third-order valence-electron chi connectivity index (χ3n) is 4.49. The molecule has 0 amide bonds. The van der Waals surface area contributed by atoms with Crippen LogP contribution in [0.5, 0.6) is 0 Å². The highest BCUT2D eigenvalue weighted by atomic mass is 16.1. The van der Waals surface area contributed by atoms with Crippen molar-refractivity contribution in [1.82, 2.24) is 4.90 Å². The molecule has 2 heteroatoms. The Morgan fingerprint density at radius 2 is 1.88 bits per heavy atom. The smallest absolute Gasteiger partial charge is 0.138 e. The quantitative estimate of drug-likeness (QED) is 0.637. The Morgan fingerprint density at radius 3 is 2.62 bits per heavy atom. The van der Waals surface area contributed by atoms with Crippen LogP contribution in [0.25, 0.3) is 0 Å². The van der Waals surface area contributed by atoms with E-state index < -0.39 is 0 Å². The van der Waals surface area contributed by atoms with Crippen LogP contribution in [0.15, 0.2) is 0 Å². The monoisotopic (exact) mass is 223 g/mol. The van der Waals surface area contributed by atoms with E-state index in [0.29, 0.717) is 5.78 Å². The van der Waals surface area contributed by atoms with Crippen LogP contribution in [-0.2, 0) is 4.79 Å². The Balaban J connectivity index is 1.97. The van der Waals surface area contributed by atoms with Crippen molar-refractivity contribution in [3.05, 3.63) is 0 Å². The summed E-state index contributed by atoms with van der Waals surface area (Å²) in [6, 6.07) is 0.748. The minimum atomic E-state index is 0.268. The minimum Gasteiger partial charge on any atom is -0.299 e. The molecule has 0 bridgehead atoms. The molecule has 1 aliphatic heterocycles. The van der Waals surface area contributed by atoms with Gasteiger partial charge in [-0.1, -0.05) is 33.1 Å². The van der Waals surface area contributed by atoms with Gasteiger partial charge in [0.25, 0.3) is 0 Å². The van der Waals surface area contributed by atoms with Crippen LogP contribution in [-0.4, -0.2) is 29.8 Å². The first-order valence-corrected chi connectivity index (χ1v) is 6.95. The Labute approximate surface area is 99.4 Å². The topological polar surface area (TPSA) is 20.3 Å². The number of carbonyl (C=O) groups excluding carboxylic acids is 1. The summed E-state index contributed by atoms with van der Waals surface area (Å²) in [7, 11) is 0. The Bertz CT molecular complexity index is 251. The number of hydrogen-bond donors (Lipinski definition) is 0. The van der Waals surface area contributed by atoms with Crippen LogP contribution in [0.4, 0.5) is 0 Å². The predicted molar refractivity (Wildman–Crippen MR) is 66.4 cm³/mol. The summed E-state index contributed by atoms with van der Waals surface area (Å²) < 4.78 is 0. The highest BCUT2D eigenvalue weighted by molar-refractivity contribution is 5.81. The normalized spacial score (nSPS) is 38.4. The number of Topliss-reactive ketones (excluding diaryl/α,β-unsaturated/α-hetero) is 1. The molecule has 92 valence electrons. The van der Waals surface area contributed by atoms with E-state index in [1.165, 1.54) is 32.1 Å². The van der Waals surface area contributed by atoms with Crippen LogP contribution >= 0.6 is 0 Å². The Morgan fingerprint density at radius 1 is 1.12 bits per heavy atom. The van der Waals surface area contributed by atoms with Gasteiger partial charge in [0.2, 0.25) is 0 Å². The second kappa shape index (κ2) is 5.31. The van der Waals surface area contributed by atoms with Crippen molar-refractivity contribution in [2.75, 3.05) is 13.1 Å². The molecule has 2 nitrogen and oxygen atoms in total. The van der Waals surface area contributed by atoms with Gasteiger partial charge in [-0.25, -0.2) is 0 Å². The molecule has 1 saturated carbocycles. The number of rotatable bonds is 1. The largest absolute Gasteiger partial charge is 0.299 e. The van der Waals surface area contributed by atoms with Gasteiger partial charge in [0, 0.05) is 31.5 Å². The molecule has 0 spiro atoms. The first kappa shape index (κ1) is 12.1. The van der Waals surface area contributed by atoms with Crippen molar-refractivity contribution in [1.29, 1.82) is 0 Å². The van der Waals surface area contributed by atoms with Crippen molar-refractivity contribution >= 4 is 5.78 Å². The standard InChI is InChI=1S/C14H25NO/c1-11-6-4-3-5-7-13(11)15-9-8-14(16)12(2)10-15/h11-13H,3-10H2,1-2H3. The number of carbonyl (C=O) groups is 1. The molecule has 1 heterocycles. The molecule has 0 N–H and O–H groups in total. The van der Waals surface area contributed by atoms with E-state index in [2.05, 4.69) is 18.7 Å². The average Bonchev–Trinajstić information content (AvgIpc) is 2.47. The third kappa shape index (κ3) is 2.65. The van der Waals surface area contributed by atoms with Crippen LogP contribution in [0, 0.1) is 11.8 Å². The zero-order valence-electron chi connectivity index (χ0n) is 10.7. The number of piperidine rings is 1. The highest BCUT2D eigenvalue weighted by Gasteiger charge is 2.31. The average molecular weight is 223 g/mol. The Hall–Kier alpha value is -0.370. The van der Waals surface area contributed by atoms with Gasteiger partial charge < -0.3 is 0 Å². The summed E-state index contributed by atoms with van der Waals surface area (Å²) in [5.41, 5.74) is 0. The van der Waals surface area contributed by atoms with Gasteiger partial charge >= 0.3 is 0 Å². The molecule has 2 fully saturated rings. The molecule has 3 unspecified atom stereocenters. The van der Waals surface area contributed by atoms with E-state index in [1.54, 1.807) is 0 Å². The van der Waals surface area contributed by atoms with Crippen LogP contribution in [0.3, 0.4) is 0 Å². The van der Waals surface area contributed by atoms with Gasteiger partial charge in [0.05, 0.1) is 0 Å². The summed E-state index contributed by atoms with van der Waals surface area (Å²) in [6.07, 6.45) is 7.70. The van der Waals surface area contributed by atoms with Crippen molar-refractivity contribution < 1.29 is 4.79 Å². The first-order chi connectivity index (χ1) is 7.68. The number of hydrogen-bond acceptors (Lipinski definition) is 2. The summed E-state index contributed by atoms with van der Waals surface area (Å²) in [5, 5.41) is 0. The molecule has 0 aromatic heterocycles. The van der Waals surface area contributed by atoms with Gasteiger partial charge in [0.1, 0.15) is 5.78 Å². The summed E-state index contributed by atoms with van der Waals surface area (Å²) in [5.74, 6) is 1.56. The summed E-state index contributed by atoms with van der Waals surface area (Å²) in [4.78, 5) is 14.1. The van der Waals surface area contributed by atoms with Gasteiger partial charge in [0.15, 0.2) is 0 Å². The SMILES string of the molecule is CC1CN(C2CCCCCC2C)CCC1=O. The maximum absolute atomic E-state index is 11.5. The van der Waals surface area contributed by atoms with Gasteiger partial charge in [-0.05, 0) is 18.8 Å². The van der Waals surface area contributed by atoms with Crippen LogP contribution in [0.1, 0.15) is 52.4 Å². The fourth-order valence-electron chi connectivity index (χ4n) is 3.36. The molecular formula is C14H25NO. The molecule has 2 aliphatic rings. The van der Waals surface area contributed by atoms with Crippen molar-refractivity contribution in [2.45, 2.75) is 58.4 Å². The minimum absolute atomic E-state index is 0.268. The maximum Gasteiger partial charge on any atom is 0.138 e. The fourth-order valence-corrected chi connectivity index (χ4v) is 3.36. The van der Waals surface area contributed by atoms with E-state index in [1.807, 2.05) is 0 Å². The molecule has 2 rings (SSSR count). The molecule has 0 radical (unpaired) electrons. The lowest BCUT2D eigenvalue weighted by molar-refractivity contribution is -0.126. The van der Waals surface area contributed by atoms with Gasteiger partial charge in [-0.2, -0.15) is 0 Å². The van der Waals surface area contributed by atoms with E-state index in [-0.39, 0.29) is 5.92 Å². The highest BCUT2D eigenvalue weighted by Crippen LogP contribution is 2.29. The van der Waals surface area contributed by atoms with Gasteiger partial charge in [-0.3, -0.25) is 9.69 Å². The molecule has 3 atom stereocenters. The lowest BCUT2D eigenvalue weighted by Crippen LogP contribution is -2.47. The van der Waals surface area contributed by atoms with E-state index in [9.17, 15) is 4.79 Å². The van der Waals surface area contributed by atoms with Crippen LogP contribution in [0.2, 0.25) is 0 Å². The number of likely N-dealkylation sites (tertiary alicyclic amines) is 1. The molecule has 0 aromatic rings. The van der Waals surface area contributed by atoms with Crippen LogP contribution < -0.4 is 0 Å². The lowest BCUT2D eigenvalue weighted by Gasteiger charge is -2.39. The summed E-state index contributed by atoms with van der Waals surface area (Å²) in [6.45, 7) is 6.51. The molecule has 0 aromatic carbocycles. The van der Waals surface area contributed by atoms with Crippen molar-refractivity contribution in [2.24, 2.45) is 11.8 Å². The van der Waals surface area contributed by atoms with Crippen molar-refractivity contribution in [3.63, 3.8) is 0 Å². The van der Waals surface area contributed by atoms with E-state index >= 15 is 0 Å². The Kier molecular flexibility index (Phi) is 4.01. The zero-order chi connectivity index (χ0) is 11.5. The molecule has 1 saturated heterocycles. The molecule has 16 heavy (non-hydrogen) atoms. The third-order valence-corrected chi connectivity index (χ3v) is 4.49. The van der Waals surface area contributed by atoms with E-state index in [0.717, 1.165) is 31.5 Å². The fraction of sp³-hybridized carbons (Fsp3) is 0.929. The second-order valence-electron chi connectivity index (χ2n) is 5.79. The van der Waals surface area contributed by atoms with Gasteiger partial charge in [-0.15, -0.1) is 0 Å². The zero-order valence-corrected chi connectivity index (χ0v) is 10.7. The summed E-state index contributed by atoms with van der Waals surface area (Å²) >= 11 is 0. The maximum atomic E-state index is 11.5. The number of nitrogens with zero attached hydrogens (tertiary/aromatic N) is 1. The molecular weight excluding hydrogens is 198 g/mol. The van der Waals surface area contributed by atoms with E-state index in [4.69, 9.17) is 0 Å². The second-order valence-corrected chi connectivity index (χ2v) is 5.79. The lowest BCUT2D eigenvalue weighted by atomic mass is 9.90. The number of ketones is 1. The predicted octanol–water partition coefficient (Wildman–Crippen LogP) is 2.87. The first-order valence-electron chi connectivity index (χ1n) is 6.95.